The van der Waals surface area contributed by atoms with Crippen LogP contribution in [0, 0.1) is 5.82 Å². The molecule has 2 N–H and O–H groups in total. The van der Waals surface area contributed by atoms with E-state index in [1.807, 2.05) is 25.1 Å². The number of hydrogen-bond donors (Lipinski definition) is 2. The fourth-order valence-corrected chi connectivity index (χ4v) is 8.78. The Bertz CT molecular complexity index is 1860. The van der Waals surface area contributed by atoms with Crippen molar-refractivity contribution in [2.45, 2.75) is 75.3 Å². The zero-order valence-corrected chi connectivity index (χ0v) is 25.2. The molecule has 45 heavy (non-hydrogen) atoms. The molecular formula is C34H36F2N6O3. The molecular weight excluding hydrogens is 578 g/mol. The molecule has 2 bridgehead atoms. The molecule has 234 valence electrons. The monoisotopic (exact) mass is 614 g/mol. The summed E-state index contributed by atoms with van der Waals surface area (Å²) in [7, 11) is 0. The number of aryl methyl sites for hydroxylation is 1. The second-order valence-electron chi connectivity index (χ2n) is 13.4. The molecule has 9 nitrogen and oxygen atoms in total. The highest BCUT2D eigenvalue weighted by Gasteiger charge is 2.50. The Labute approximate surface area is 259 Å². The van der Waals surface area contributed by atoms with Crippen LogP contribution >= 0.6 is 0 Å². The van der Waals surface area contributed by atoms with Crippen molar-refractivity contribution in [3.63, 3.8) is 0 Å². The number of nitrogens with one attached hydrogen (secondary N) is 1. The SMILES string of the molecule is CCc1cccc2cc(O)cc(-c3nc4c5c(nc(OC[C@]67CCCN6C[C@H](F)C7)nc5c3F)N3CC5CCC(N5)C3CO4)c12. The lowest BCUT2D eigenvalue weighted by Gasteiger charge is -2.40. The molecule has 7 heterocycles. The van der Waals surface area contributed by atoms with Gasteiger partial charge < -0.3 is 24.8 Å². The number of phenolic OH excluding ortho intramolecular Hbond substituents is 1. The molecule has 4 saturated heterocycles. The van der Waals surface area contributed by atoms with Crippen molar-refractivity contribution in [2.24, 2.45) is 0 Å². The third kappa shape index (κ3) is 4.19. The molecule has 0 amide bonds. The highest BCUT2D eigenvalue weighted by Crippen LogP contribution is 2.45. The number of pyridine rings is 1. The number of aromatic nitrogens is 3. The largest absolute Gasteiger partial charge is 0.508 e. The number of nitrogens with zero attached hydrogens (tertiary/aromatic N) is 5. The van der Waals surface area contributed by atoms with Gasteiger partial charge >= 0.3 is 6.01 Å². The van der Waals surface area contributed by atoms with Crippen LogP contribution in [0.2, 0.25) is 0 Å². The van der Waals surface area contributed by atoms with Crippen molar-refractivity contribution in [3.05, 3.63) is 41.7 Å². The van der Waals surface area contributed by atoms with Crippen molar-refractivity contribution in [1.82, 2.24) is 25.2 Å². The molecule has 4 fully saturated rings. The lowest BCUT2D eigenvalue weighted by molar-refractivity contribution is 0.107. The van der Waals surface area contributed by atoms with E-state index in [1.165, 1.54) is 0 Å². The number of aromatic hydroxyl groups is 1. The number of benzene rings is 2. The number of ether oxygens (including phenoxy) is 2. The summed E-state index contributed by atoms with van der Waals surface area (Å²) >= 11 is 0. The predicted octanol–water partition coefficient (Wildman–Crippen LogP) is 4.91. The Kier molecular flexibility index (Phi) is 6.16. The van der Waals surface area contributed by atoms with Gasteiger partial charge in [0.2, 0.25) is 5.88 Å². The molecule has 0 radical (unpaired) electrons. The second kappa shape index (κ2) is 10.1. The fraction of sp³-hybridized carbons (Fsp3) is 0.500. The molecule has 0 aliphatic carbocycles. The number of hydrogen-bond acceptors (Lipinski definition) is 9. The Morgan fingerprint density at radius 2 is 2.07 bits per heavy atom. The van der Waals surface area contributed by atoms with E-state index in [0.29, 0.717) is 48.9 Å². The van der Waals surface area contributed by atoms with Gasteiger partial charge in [0.15, 0.2) is 5.82 Å². The van der Waals surface area contributed by atoms with Gasteiger partial charge in [0.05, 0.1) is 11.6 Å². The van der Waals surface area contributed by atoms with Crippen LogP contribution in [-0.2, 0) is 6.42 Å². The van der Waals surface area contributed by atoms with E-state index in [1.54, 1.807) is 12.1 Å². The lowest BCUT2D eigenvalue weighted by Crippen LogP contribution is -2.60. The number of halogens is 2. The van der Waals surface area contributed by atoms with Crippen LogP contribution in [0.5, 0.6) is 17.6 Å². The average molecular weight is 615 g/mol. The van der Waals surface area contributed by atoms with E-state index in [0.717, 1.165) is 55.0 Å². The standard InChI is InChI=1S/C34H36F2N6O3/c1-2-18-5-3-6-19-11-22(43)12-23(26(18)19)29-28(36)30-27-31(42-15-21-7-8-24(37-21)25(42)16-44-32(27)38-29)40-33(39-30)45-17-34-9-4-10-41(34)14-20(35)13-34/h3,5-6,11-12,20-21,24-25,37,43H,2,4,7-10,13-17H2,1H3/t20-,21?,24?,25?,34-/m1/s1. The smallest absolute Gasteiger partial charge is 0.319 e. The molecule has 2 aromatic heterocycles. The predicted molar refractivity (Wildman–Crippen MR) is 166 cm³/mol. The normalized spacial score (nSPS) is 28.7. The number of phenols is 1. The second-order valence-corrected chi connectivity index (χ2v) is 13.4. The van der Waals surface area contributed by atoms with Gasteiger partial charge in [0, 0.05) is 37.2 Å². The molecule has 0 saturated carbocycles. The maximum absolute atomic E-state index is 17.0. The topological polar surface area (TPSA) is 95.9 Å². The van der Waals surface area contributed by atoms with Gasteiger partial charge in [-0.15, -0.1) is 0 Å². The lowest BCUT2D eigenvalue weighted by atomic mass is 9.95. The van der Waals surface area contributed by atoms with Gasteiger partial charge in [-0.05, 0) is 67.1 Å². The summed E-state index contributed by atoms with van der Waals surface area (Å²) in [5.41, 5.74) is 1.24. The number of anilines is 1. The van der Waals surface area contributed by atoms with E-state index < -0.39 is 17.5 Å². The Balaban J connectivity index is 1.24. The van der Waals surface area contributed by atoms with Crippen molar-refractivity contribution in [3.8, 4) is 28.9 Å². The molecule has 9 rings (SSSR count). The molecule has 5 atom stereocenters. The summed E-state index contributed by atoms with van der Waals surface area (Å²) in [6.45, 7) is 4.63. The average Bonchev–Trinajstić information content (AvgIpc) is 3.67. The van der Waals surface area contributed by atoms with Crippen LogP contribution in [0.15, 0.2) is 30.3 Å². The Hall–Kier alpha value is -3.83. The zero-order valence-electron chi connectivity index (χ0n) is 25.2. The molecule has 2 aromatic carbocycles. The Morgan fingerprint density at radius 1 is 1.16 bits per heavy atom. The van der Waals surface area contributed by atoms with Gasteiger partial charge in [-0.1, -0.05) is 25.1 Å². The maximum Gasteiger partial charge on any atom is 0.319 e. The number of alkyl halides is 1. The summed E-state index contributed by atoms with van der Waals surface area (Å²) in [6.07, 6.45) is 4.18. The molecule has 0 spiro atoms. The van der Waals surface area contributed by atoms with Crippen LogP contribution < -0.4 is 19.7 Å². The first-order valence-corrected chi connectivity index (χ1v) is 16.2. The first kappa shape index (κ1) is 27.5. The molecule has 3 unspecified atom stereocenters. The van der Waals surface area contributed by atoms with Crippen LogP contribution in [0.4, 0.5) is 14.6 Å². The van der Waals surface area contributed by atoms with Gasteiger partial charge in [0.1, 0.15) is 47.5 Å². The van der Waals surface area contributed by atoms with E-state index in [9.17, 15) is 9.50 Å². The highest BCUT2D eigenvalue weighted by molar-refractivity contribution is 6.03. The van der Waals surface area contributed by atoms with Gasteiger partial charge in [-0.2, -0.15) is 9.97 Å². The van der Waals surface area contributed by atoms with Gasteiger partial charge in [-0.3, -0.25) is 4.90 Å². The summed E-state index contributed by atoms with van der Waals surface area (Å²) in [6, 6.07) is 9.68. The van der Waals surface area contributed by atoms with E-state index in [2.05, 4.69) is 20.1 Å². The Morgan fingerprint density at radius 3 is 2.96 bits per heavy atom. The quantitative estimate of drug-likeness (QED) is 0.325. The van der Waals surface area contributed by atoms with Crippen LogP contribution in [0.25, 0.3) is 32.9 Å². The number of rotatable bonds is 5. The summed E-state index contributed by atoms with van der Waals surface area (Å²) in [5.74, 6) is 0.240. The first-order valence-electron chi connectivity index (χ1n) is 16.2. The minimum atomic E-state index is -0.885. The molecule has 5 aliphatic rings. The summed E-state index contributed by atoms with van der Waals surface area (Å²) in [5, 5.41) is 16.5. The summed E-state index contributed by atoms with van der Waals surface area (Å²) in [4.78, 5) is 18.8. The minimum Gasteiger partial charge on any atom is -0.508 e. The molecule has 11 heteroatoms. The number of piperazine rings is 1. The van der Waals surface area contributed by atoms with E-state index >= 15 is 4.39 Å². The molecule has 5 aliphatic heterocycles. The van der Waals surface area contributed by atoms with Crippen molar-refractivity contribution >= 4 is 27.5 Å². The van der Waals surface area contributed by atoms with Gasteiger partial charge in [0.25, 0.3) is 0 Å². The van der Waals surface area contributed by atoms with E-state index in [-0.39, 0.29) is 47.5 Å². The van der Waals surface area contributed by atoms with Crippen molar-refractivity contribution < 1.29 is 23.4 Å². The highest BCUT2D eigenvalue weighted by atomic mass is 19.1. The zero-order chi connectivity index (χ0) is 30.4. The van der Waals surface area contributed by atoms with Crippen LogP contribution in [-0.4, -0.2) is 87.6 Å². The fourth-order valence-electron chi connectivity index (χ4n) is 8.78. The molecule has 4 aromatic rings. The van der Waals surface area contributed by atoms with Crippen molar-refractivity contribution in [1.29, 1.82) is 0 Å². The van der Waals surface area contributed by atoms with Crippen LogP contribution in [0.1, 0.15) is 44.6 Å². The number of fused-ring (bicyclic) bond motifs is 7. The first-order chi connectivity index (χ1) is 21.9. The summed E-state index contributed by atoms with van der Waals surface area (Å²) < 4.78 is 44.3. The van der Waals surface area contributed by atoms with Gasteiger partial charge in [-0.25, -0.2) is 13.8 Å². The third-order valence-electron chi connectivity index (χ3n) is 10.8. The minimum absolute atomic E-state index is 0.0187. The third-order valence-corrected chi connectivity index (χ3v) is 10.8. The maximum atomic E-state index is 17.0. The van der Waals surface area contributed by atoms with E-state index in [4.69, 9.17) is 19.4 Å². The van der Waals surface area contributed by atoms with Crippen molar-refractivity contribution in [2.75, 3.05) is 37.7 Å². The van der Waals surface area contributed by atoms with Crippen LogP contribution in [0.3, 0.4) is 0 Å².